The van der Waals surface area contributed by atoms with Crippen molar-refractivity contribution >= 4 is 17.5 Å². The van der Waals surface area contributed by atoms with Gasteiger partial charge < -0.3 is 16.4 Å². The Hall–Kier alpha value is -1.88. The van der Waals surface area contributed by atoms with Crippen LogP contribution in [0.5, 0.6) is 0 Å². The lowest BCUT2D eigenvalue weighted by atomic mass is 10.2. The number of carbonyl (C=O) groups excluding carboxylic acids is 2. The van der Waals surface area contributed by atoms with Gasteiger partial charge >= 0.3 is 0 Å². The number of amides is 2. The van der Waals surface area contributed by atoms with E-state index in [2.05, 4.69) is 10.6 Å². The summed E-state index contributed by atoms with van der Waals surface area (Å²) in [7, 11) is 1.70. The molecule has 0 spiro atoms. The van der Waals surface area contributed by atoms with E-state index in [1.807, 2.05) is 0 Å². The Bertz CT molecular complexity index is 404. The minimum absolute atomic E-state index is 0.163. The van der Waals surface area contributed by atoms with E-state index in [9.17, 15) is 9.59 Å². The van der Waals surface area contributed by atoms with E-state index in [-0.39, 0.29) is 11.9 Å². The van der Waals surface area contributed by atoms with Crippen molar-refractivity contribution in [1.29, 1.82) is 0 Å². The number of hydrogen-bond donors (Lipinski definition) is 3. The molecule has 0 aliphatic rings. The van der Waals surface area contributed by atoms with E-state index in [1.165, 1.54) is 0 Å². The normalized spacial score (nSPS) is 11.9. The molecule has 0 aliphatic heterocycles. The molecule has 1 atom stereocenters. The highest BCUT2D eigenvalue weighted by Crippen LogP contribution is 2.10. The first-order chi connectivity index (χ1) is 7.54. The molecule has 5 nitrogen and oxygen atoms in total. The van der Waals surface area contributed by atoms with Gasteiger partial charge in [0.25, 0.3) is 0 Å². The Morgan fingerprint density at radius 3 is 2.62 bits per heavy atom. The van der Waals surface area contributed by atoms with Crippen molar-refractivity contribution in [2.75, 3.05) is 12.4 Å². The number of carbonyl (C=O) groups is 2. The first kappa shape index (κ1) is 12.2. The maximum absolute atomic E-state index is 11.5. The molecule has 0 aromatic heterocycles. The second-order valence-corrected chi connectivity index (χ2v) is 3.44. The predicted octanol–water partition coefficient (Wildman–Crippen LogP) is 0.332. The zero-order valence-electron chi connectivity index (χ0n) is 9.28. The third-order valence-corrected chi connectivity index (χ3v) is 2.24. The number of likely N-dealkylation sites (N-methyl/N-ethyl adjacent to an activating group) is 1. The lowest BCUT2D eigenvalue weighted by Crippen LogP contribution is -2.35. The largest absolute Gasteiger partial charge is 0.366 e. The van der Waals surface area contributed by atoms with Crippen LogP contribution in [-0.2, 0) is 4.79 Å². The molecule has 0 fully saturated rings. The lowest BCUT2D eigenvalue weighted by Gasteiger charge is -2.11. The summed E-state index contributed by atoms with van der Waals surface area (Å²) in [5.74, 6) is -0.679. The Kier molecular flexibility index (Phi) is 4.02. The van der Waals surface area contributed by atoms with Gasteiger partial charge in [-0.3, -0.25) is 9.59 Å². The first-order valence-electron chi connectivity index (χ1n) is 4.92. The summed E-state index contributed by atoms with van der Waals surface area (Å²) in [6, 6.07) is 6.21. The van der Waals surface area contributed by atoms with E-state index in [0.29, 0.717) is 11.3 Å². The summed E-state index contributed by atoms with van der Waals surface area (Å²) >= 11 is 0. The second-order valence-electron chi connectivity index (χ2n) is 3.44. The van der Waals surface area contributed by atoms with Gasteiger partial charge in [-0.2, -0.15) is 0 Å². The van der Waals surface area contributed by atoms with Gasteiger partial charge in [-0.25, -0.2) is 0 Å². The van der Waals surface area contributed by atoms with Crippen LogP contribution in [0.4, 0.5) is 5.69 Å². The molecule has 0 bridgehead atoms. The molecule has 1 aromatic rings. The molecule has 1 aromatic carbocycles. The number of hydrogen-bond acceptors (Lipinski definition) is 3. The van der Waals surface area contributed by atoms with Crippen molar-refractivity contribution in [1.82, 2.24) is 5.32 Å². The number of anilines is 1. The Balaban J connectivity index is 2.78. The summed E-state index contributed by atoms with van der Waals surface area (Å²) in [6.45, 7) is 1.74. The molecule has 1 unspecified atom stereocenters. The van der Waals surface area contributed by atoms with Crippen LogP contribution in [0.25, 0.3) is 0 Å². The third-order valence-electron chi connectivity index (χ3n) is 2.24. The molecule has 16 heavy (non-hydrogen) atoms. The van der Waals surface area contributed by atoms with Gasteiger partial charge in [0.1, 0.15) is 0 Å². The quantitative estimate of drug-likeness (QED) is 0.685. The lowest BCUT2D eigenvalue weighted by molar-refractivity contribution is -0.117. The van der Waals surface area contributed by atoms with Crippen molar-refractivity contribution in [2.24, 2.45) is 5.73 Å². The molecule has 86 valence electrons. The molecule has 4 N–H and O–H groups in total. The molecule has 0 saturated carbocycles. The van der Waals surface area contributed by atoms with Crippen molar-refractivity contribution < 1.29 is 9.59 Å². The van der Waals surface area contributed by atoms with Crippen LogP contribution in [-0.4, -0.2) is 24.9 Å². The molecule has 0 radical (unpaired) electrons. The maximum Gasteiger partial charge on any atom is 0.248 e. The van der Waals surface area contributed by atoms with Crippen LogP contribution < -0.4 is 16.4 Å². The predicted molar refractivity (Wildman–Crippen MR) is 62.1 cm³/mol. The zero-order chi connectivity index (χ0) is 12.1. The van der Waals surface area contributed by atoms with E-state index in [1.54, 1.807) is 38.2 Å². The number of nitrogens with two attached hydrogens (primary N) is 1. The topological polar surface area (TPSA) is 84.2 Å². The van der Waals surface area contributed by atoms with Crippen molar-refractivity contribution in [3.8, 4) is 0 Å². The summed E-state index contributed by atoms with van der Waals surface area (Å²) in [5, 5.41) is 5.50. The summed E-state index contributed by atoms with van der Waals surface area (Å²) < 4.78 is 0. The fourth-order valence-electron chi connectivity index (χ4n) is 1.13. The number of rotatable bonds is 4. The van der Waals surface area contributed by atoms with Gasteiger partial charge in [0.2, 0.25) is 11.8 Å². The smallest absolute Gasteiger partial charge is 0.248 e. The van der Waals surface area contributed by atoms with Crippen LogP contribution in [0.3, 0.4) is 0 Å². The third kappa shape index (κ3) is 3.06. The monoisotopic (exact) mass is 221 g/mol. The maximum atomic E-state index is 11.5. The van der Waals surface area contributed by atoms with Crippen molar-refractivity contribution in [3.63, 3.8) is 0 Å². The molecule has 1 rings (SSSR count). The number of nitrogens with one attached hydrogen (secondary N) is 2. The minimum atomic E-state index is -0.516. The average molecular weight is 221 g/mol. The number of benzene rings is 1. The van der Waals surface area contributed by atoms with Gasteiger partial charge in [-0.05, 0) is 32.2 Å². The van der Waals surface area contributed by atoms with Gasteiger partial charge in [0, 0.05) is 11.3 Å². The van der Waals surface area contributed by atoms with E-state index >= 15 is 0 Å². The second kappa shape index (κ2) is 5.27. The fourth-order valence-corrected chi connectivity index (χ4v) is 1.13. The van der Waals surface area contributed by atoms with Crippen LogP contribution >= 0.6 is 0 Å². The SMILES string of the molecule is CNC(C)C(=O)Nc1cccc(C(N)=O)c1. The zero-order valence-corrected chi connectivity index (χ0v) is 9.28. The highest BCUT2D eigenvalue weighted by atomic mass is 16.2. The van der Waals surface area contributed by atoms with Crippen LogP contribution in [0.2, 0.25) is 0 Å². The van der Waals surface area contributed by atoms with Crippen LogP contribution in [0.15, 0.2) is 24.3 Å². The van der Waals surface area contributed by atoms with E-state index in [4.69, 9.17) is 5.73 Å². The van der Waals surface area contributed by atoms with Crippen LogP contribution in [0.1, 0.15) is 17.3 Å². The highest BCUT2D eigenvalue weighted by Gasteiger charge is 2.10. The van der Waals surface area contributed by atoms with E-state index in [0.717, 1.165) is 0 Å². The standard InChI is InChI=1S/C11H15N3O2/c1-7(13-2)11(16)14-9-5-3-4-8(6-9)10(12)15/h3-7,13H,1-2H3,(H2,12,15)(H,14,16). The summed E-state index contributed by atoms with van der Waals surface area (Å²) in [5.41, 5.74) is 6.06. The summed E-state index contributed by atoms with van der Waals surface area (Å²) in [6.07, 6.45) is 0. The van der Waals surface area contributed by atoms with Crippen LogP contribution in [0, 0.1) is 0 Å². The molecule has 0 heterocycles. The Morgan fingerprint density at radius 2 is 2.06 bits per heavy atom. The highest BCUT2D eigenvalue weighted by molar-refractivity contribution is 5.97. The van der Waals surface area contributed by atoms with Gasteiger partial charge in [-0.1, -0.05) is 6.07 Å². The van der Waals surface area contributed by atoms with Crippen molar-refractivity contribution in [2.45, 2.75) is 13.0 Å². The molecule has 0 aliphatic carbocycles. The number of primary amides is 1. The molecule has 2 amide bonds. The fraction of sp³-hybridized carbons (Fsp3) is 0.273. The first-order valence-corrected chi connectivity index (χ1v) is 4.92. The molecule has 5 heteroatoms. The minimum Gasteiger partial charge on any atom is -0.366 e. The Labute approximate surface area is 94.0 Å². The van der Waals surface area contributed by atoms with Gasteiger partial charge in [-0.15, -0.1) is 0 Å². The Morgan fingerprint density at radius 1 is 1.38 bits per heavy atom. The summed E-state index contributed by atoms with van der Waals surface area (Å²) in [4.78, 5) is 22.5. The van der Waals surface area contributed by atoms with Gasteiger partial charge in [0.15, 0.2) is 0 Å². The molecular formula is C11H15N3O2. The average Bonchev–Trinajstić information content (AvgIpc) is 2.28. The van der Waals surface area contributed by atoms with Crippen molar-refractivity contribution in [3.05, 3.63) is 29.8 Å². The van der Waals surface area contributed by atoms with E-state index < -0.39 is 5.91 Å². The molecule has 0 saturated heterocycles. The molecular weight excluding hydrogens is 206 g/mol. The van der Waals surface area contributed by atoms with Gasteiger partial charge in [0.05, 0.1) is 6.04 Å².